The predicted octanol–water partition coefficient (Wildman–Crippen LogP) is 11.1. The first-order valence-corrected chi connectivity index (χ1v) is 23.6. The Morgan fingerprint density at radius 1 is 0.485 bits per heavy atom. The molecule has 0 aliphatic carbocycles. The summed E-state index contributed by atoms with van der Waals surface area (Å²) < 4.78 is 0. The summed E-state index contributed by atoms with van der Waals surface area (Å²) in [4.78, 5) is 0. The van der Waals surface area contributed by atoms with E-state index in [1.807, 2.05) is 79.7 Å². The van der Waals surface area contributed by atoms with E-state index in [4.69, 9.17) is 71.5 Å². The number of aromatic hydroxyl groups is 3. The summed E-state index contributed by atoms with van der Waals surface area (Å²) in [5, 5.41) is 78.6. The predicted molar refractivity (Wildman–Crippen MR) is 289 cm³/mol. The lowest BCUT2D eigenvalue weighted by atomic mass is 10.1. The summed E-state index contributed by atoms with van der Waals surface area (Å²) in [5.41, 5.74) is 7.55. The van der Waals surface area contributed by atoms with E-state index in [0.29, 0.717) is 68.7 Å². The third-order valence-corrected chi connectivity index (χ3v) is 11.5. The Labute approximate surface area is 428 Å². The average Bonchev–Trinajstić information content (AvgIpc) is 3.29. The van der Waals surface area contributed by atoms with Crippen LogP contribution < -0.4 is 31.9 Å². The maximum absolute atomic E-state index is 9.84. The van der Waals surface area contributed by atoms with Crippen molar-refractivity contribution >= 4 is 104 Å². The number of aryl methyl sites for hydroxylation is 1. The Hall–Kier alpha value is -5.46. The molecule has 360 valence electrons. The number of thiocarbonyl (C=S) groups is 3. The summed E-state index contributed by atoms with van der Waals surface area (Å²) in [5.74, 6) is -0.355. The van der Waals surface area contributed by atoms with Crippen molar-refractivity contribution in [1.29, 1.82) is 0 Å². The van der Waals surface area contributed by atoms with Crippen molar-refractivity contribution in [2.24, 2.45) is 0 Å². The molecule has 6 aromatic carbocycles. The number of anilines is 3. The van der Waals surface area contributed by atoms with Gasteiger partial charge in [0.1, 0.15) is 17.2 Å². The largest absolute Gasteiger partial charge is 0.506 e. The van der Waals surface area contributed by atoms with Crippen LogP contribution in [0.25, 0.3) is 0 Å². The van der Waals surface area contributed by atoms with E-state index >= 15 is 0 Å². The molecule has 0 saturated heterocycles. The quantitative estimate of drug-likeness (QED) is 0.0386. The van der Waals surface area contributed by atoms with Crippen LogP contribution in [0.2, 0.25) is 15.1 Å². The summed E-state index contributed by atoms with van der Waals surface area (Å²) >= 11 is 33.6. The van der Waals surface area contributed by atoms with Crippen molar-refractivity contribution < 1.29 is 30.6 Å². The maximum Gasteiger partial charge on any atom is 0.171 e. The van der Waals surface area contributed by atoms with Crippen LogP contribution in [0.3, 0.4) is 0 Å². The Morgan fingerprint density at radius 3 is 1.24 bits per heavy atom. The first-order valence-electron chi connectivity index (χ1n) is 21.2. The van der Waals surface area contributed by atoms with Crippen LogP contribution in [0.15, 0.2) is 121 Å². The second-order valence-corrected chi connectivity index (χ2v) is 17.8. The second-order valence-electron chi connectivity index (χ2n) is 15.4. The molecule has 18 heteroatoms. The molecule has 3 unspecified atom stereocenters. The van der Waals surface area contributed by atoms with E-state index in [0.717, 1.165) is 17.5 Å². The number of aliphatic hydroxyl groups excluding tert-OH is 3. The first kappa shape index (κ1) is 55.1. The molecule has 3 atom stereocenters. The lowest BCUT2D eigenvalue weighted by molar-refractivity contribution is 0.194. The zero-order valence-electron chi connectivity index (χ0n) is 37.6. The van der Waals surface area contributed by atoms with Gasteiger partial charge < -0.3 is 62.5 Å². The number of halogens is 3. The lowest BCUT2D eigenvalue weighted by Crippen LogP contribution is -2.30. The highest BCUT2D eigenvalue weighted by Crippen LogP contribution is 2.37. The fourth-order valence-electron chi connectivity index (χ4n) is 6.29. The molecule has 0 fully saturated rings. The van der Waals surface area contributed by atoms with E-state index in [9.17, 15) is 30.6 Å². The molecule has 68 heavy (non-hydrogen) atoms. The Bertz CT molecular complexity index is 2630. The van der Waals surface area contributed by atoms with Crippen LogP contribution in [0.4, 0.5) is 17.1 Å². The number of phenolic OH excluding ortho intramolecular Hbond substituents is 3. The zero-order chi connectivity index (χ0) is 49.9. The Balaban J connectivity index is 0.000000222. The molecular formula is C50H55Cl3N6O6S3. The smallest absolute Gasteiger partial charge is 0.171 e. The highest BCUT2D eigenvalue weighted by atomic mass is 35.5. The van der Waals surface area contributed by atoms with Crippen LogP contribution in [0.5, 0.6) is 17.2 Å². The van der Waals surface area contributed by atoms with Crippen molar-refractivity contribution in [3.05, 3.63) is 175 Å². The van der Waals surface area contributed by atoms with E-state index in [2.05, 4.69) is 44.0 Å². The maximum atomic E-state index is 9.84. The van der Waals surface area contributed by atoms with Gasteiger partial charge in [-0.05, 0) is 129 Å². The number of benzene rings is 6. The molecule has 12 N–H and O–H groups in total. The van der Waals surface area contributed by atoms with Gasteiger partial charge >= 0.3 is 0 Å². The average molecular weight is 1040 g/mol. The van der Waals surface area contributed by atoms with Gasteiger partial charge in [0.25, 0.3) is 0 Å². The minimum absolute atomic E-state index is 0.116. The molecule has 6 rings (SSSR count). The summed E-state index contributed by atoms with van der Waals surface area (Å²) in [7, 11) is 0. The Kier molecular flexibility index (Phi) is 22.3. The van der Waals surface area contributed by atoms with Crippen molar-refractivity contribution in [1.82, 2.24) is 16.0 Å². The number of hydrogen-bond donors (Lipinski definition) is 12. The number of phenols is 3. The van der Waals surface area contributed by atoms with Crippen molar-refractivity contribution in [3.63, 3.8) is 0 Å². The third-order valence-electron chi connectivity index (χ3n) is 9.94. The van der Waals surface area contributed by atoms with Gasteiger partial charge in [0.15, 0.2) is 15.3 Å². The highest BCUT2D eigenvalue weighted by Gasteiger charge is 2.16. The zero-order valence-corrected chi connectivity index (χ0v) is 42.4. The molecule has 0 heterocycles. The molecule has 0 spiro atoms. The SMILES string of the molecule is CC(O)c1cc(NC(=S)NCCc2ccccc2)cc(Cl)c1O.CC(O)c1cc(NC(=S)NCc2ccccc2)cc(Cl)c1O.Cc1ccccc1CNC(=S)Nc1cc(Cl)c(O)c(C(C)O)c1. The monoisotopic (exact) mass is 1040 g/mol. The minimum Gasteiger partial charge on any atom is -0.506 e. The van der Waals surface area contributed by atoms with E-state index in [-0.39, 0.29) is 32.3 Å². The number of hydrogen-bond acceptors (Lipinski definition) is 9. The van der Waals surface area contributed by atoms with Gasteiger partial charge in [-0.2, -0.15) is 0 Å². The van der Waals surface area contributed by atoms with E-state index < -0.39 is 18.3 Å². The van der Waals surface area contributed by atoms with Crippen LogP contribution in [-0.2, 0) is 19.5 Å². The summed E-state index contributed by atoms with van der Waals surface area (Å²) in [6.45, 7) is 8.62. The first-order chi connectivity index (χ1) is 32.3. The molecule has 6 aromatic rings. The fourth-order valence-corrected chi connectivity index (χ4v) is 7.57. The summed E-state index contributed by atoms with van der Waals surface area (Å²) in [6.07, 6.45) is -1.63. The van der Waals surface area contributed by atoms with Crippen molar-refractivity contribution in [2.45, 2.75) is 65.5 Å². The van der Waals surface area contributed by atoms with Gasteiger partial charge in [0.2, 0.25) is 0 Å². The van der Waals surface area contributed by atoms with E-state index in [1.54, 1.807) is 57.2 Å². The number of nitrogens with one attached hydrogen (secondary N) is 6. The van der Waals surface area contributed by atoms with Gasteiger partial charge in [-0.25, -0.2) is 0 Å². The third kappa shape index (κ3) is 17.9. The minimum atomic E-state index is -0.831. The van der Waals surface area contributed by atoms with Crippen LogP contribution in [0, 0.1) is 6.92 Å². The van der Waals surface area contributed by atoms with Gasteiger partial charge in [0, 0.05) is 53.4 Å². The van der Waals surface area contributed by atoms with Crippen molar-refractivity contribution in [2.75, 3.05) is 22.5 Å². The van der Waals surface area contributed by atoms with Gasteiger partial charge in [-0.3, -0.25) is 0 Å². The molecular weight excluding hydrogens is 983 g/mol. The fraction of sp³-hybridized carbons (Fsp3) is 0.220. The molecule has 0 aliphatic heterocycles. The number of rotatable bonds is 13. The molecule has 12 nitrogen and oxygen atoms in total. The standard InChI is InChI=1S/2C17H19ClN2O2S.C16H17ClN2O2S/c1-10-5-3-4-6-12(10)9-19-17(23)20-13-7-14(11(2)21)16(22)15(18)8-13;1-11(21)14-9-13(10-15(18)16(14)22)20-17(23)19-8-7-12-5-3-2-4-6-12;1-10(20)13-7-12(8-14(17)15(13)21)19-16(22)18-9-11-5-3-2-4-6-11/h3-8,11,21-22H,9H2,1-2H3,(H2,19,20,23);2-6,9-11,21-22H,7-8H2,1H3,(H2,19,20,23);2-8,10,20-21H,9H2,1H3,(H2,18,19,22). The molecule has 0 aromatic heterocycles. The number of aliphatic hydroxyl groups is 3. The topological polar surface area (TPSA) is 194 Å². The van der Waals surface area contributed by atoms with E-state index in [1.165, 1.54) is 11.1 Å². The molecule has 0 radical (unpaired) electrons. The van der Waals surface area contributed by atoms with Gasteiger partial charge in [0.05, 0.1) is 33.4 Å². The van der Waals surface area contributed by atoms with Crippen LogP contribution >= 0.6 is 71.5 Å². The van der Waals surface area contributed by atoms with Crippen molar-refractivity contribution in [3.8, 4) is 17.2 Å². The summed E-state index contributed by atoms with van der Waals surface area (Å²) in [6, 6.07) is 37.6. The van der Waals surface area contributed by atoms with Crippen LogP contribution in [-0.4, -0.2) is 52.5 Å². The molecule has 0 amide bonds. The van der Waals surface area contributed by atoms with Crippen LogP contribution in [0.1, 0.15) is 78.0 Å². The molecule has 0 bridgehead atoms. The molecule has 0 saturated carbocycles. The lowest BCUT2D eigenvalue weighted by Gasteiger charge is -2.15. The Morgan fingerprint density at radius 2 is 0.838 bits per heavy atom. The van der Waals surface area contributed by atoms with Gasteiger partial charge in [-0.15, -0.1) is 0 Å². The highest BCUT2D eigenvalue weighted by molar-refractivity contribution is 7.80. The second kappa shape index (κ2) is 27.5. The molecule has 0 aliphatic rings. The normalized spacial score (nSPS) is 11.8. The van der Waals surface area contributed by atoms with Gasteiger partial charge in [-0.1, -0.05) is 120 Å².